The number of ether oxygens (including phenoxy) is 2. The van der Waals surface area contributed by atoms with E-state index in [4.69, 9.17) is 14.6 Å². The fourth-order valence-electron chi connectivity index (χ4n) is 1.71. The summed E-state index contributed by atoms with van der Waals surface area (Å²) in [5.41, 5.74) is 0.447. The minimum absolute atomic E-state index is 0.267. The van der Waals surface area contributed by atoms with Gasteiger partial charge in [-0.1, -0.05) is 6.92 Å². The molecule has 1 unspecified atom stereocenters. The molecular formula is C15H21NO5. The number of carboxylic acid groups (broad SMARTS) is 1. The van der Waals surface area contributed by atoms with E-state index in [1.807, 2.05) is 6.92 Å². The van der Waals surface area contributed by atoms with E-state index in [0.717, 1.165) is 0 Å². The van der Waals surface area contributed by atoms with Gasteiger partial charge < -0.3 is 19.9 Å². The van der Waals surface area contributed by atoms with Gasteiger partial charge in [0.15, 0.2) is 11.5 Å². The molecule has 0 saturated carbocycles. The maximum Gasteiger partial charge on any atom is 0.306 e. The lowest BCUT2D eigenvalue weighted by Gasteiger charge is -2.12. The summed E-state index contributed by atoms with van der Waals surface area (Å²) in [7, 11) is 1.53. The molecule has 6 nitrogen and oxygen atoms in total. The third kappa shape index (κ3) is 4.98. The molecule has 0 aliphatic carbocycles. The average molecular weight is 295 g/mol. The Morgan fingerprint density at radius 1 is 1.33 bits per heavy atom. The summed E-state index contributed by atoms with van der Waals surface area (Å²) < 4.78 is 10.6. The topological polar surface area (TPSA) is 84.9 Å². The first-order chi connectivity index (χ1) is 9.99. The summed E-state index contributed by atoms with van der Waals surface area (Å²) in [6.07, 6.45) is 0.384. The van der Waals surface area contributed by atoms with E-state index in [9.17, 15) is 9.59 Å². The van der Waals surface area contributed by atoms with E-state index in [1.165, 1.54) is 7.11 Å². The minimum Gasteiger partial charge on any atom is -0.493 e. The molecule has 1 amide bonds. The predicted molar refractivity (Wildman–Crippen MR) is 77.9 cm³/mol. The van der Waals surface area contributed by atoms with Crippen molar-refractivity contribution in [2.45, 2.75) is 20.3 Å². The van der Waals surface area contributed by atoms with Gasteiger partial charge in [0.2, 0.25) is 0 Å². The lowest BCUT2D eigenvalue weighted by molar-refractivity contribution is -0.141. The third-order valence-electron chi connectivity index (χ3n) is 3.01. The smallest absolute Gasteiger partial charge is 0.306 e. The number of hydrogen-bond donors (Lipinski definition) is 2. The fraction of sp³-hybridized carbons (Fsp3) is 0.467. The van der Waals surface area contributed by atoms with Crippen LogP contribution in [-0.4, -0.2) is 37.2 Å². The maximum atomic E-state index is 12.0. The number of methoxy groups -OCH3 is 1. The Bertz CT molecular complexity index is 501. The lowest BCUT2D eigenvalue weighted by Crippen LogP contribution is -2.27. The molecule has 116 valence electrons. The van der Waals surface area contributed by atoms with Crippen LogP contribution in [0.15, 0.2) is 18.2 Å². The van der Waals surface area contributed by atoms with Gasteiger partial charge in [0.1, 0.15) is 0 Å². The Morgan fingerprint density at radius 2 is 2.05 bits per heavy atom. The van der Waals surface area contributed by atoms with Crippen molar-refractivity contribution in [3.05, 3.63) is 23.8 Å². The molecule has 1 rings (SSSR count). The van der Waals surface area contributed by atoms with Gasteiger partial charge in [-0.05, 0) is 31.5 Å². The first-order valence-corrected chi connectivity index (χ1v) is 6.81. The molecule has 1 atom stereocenters. The molecule has 0 aliphatic heterocycles. The number of aliphatic carboxylic acids is 1. The van der Waals surface area contributed by atoms with E-state index in [-0.39, 0.29) is 5.91 Å². The average Bonchev–Trinajstić information content (AvgIpc) is 2.47. The number of carbonyl (C=O) groups excluding carboxylic acids is 1. The van der Waals surface area contributed by atoms with Crippen molar-refractivity contribution >= 4 is 11.9 Å². The monoisotopic (exact) mass is 295 g/mol. The minimum atomic E-state index is -0.868. The summed E-state index contributed by atoms with van der Waals surface area (Å²) >= 11 is 0. The molecule has 0 spiro atoms. The van der Waals surface area contributed by atoms with Gasteiger partial charge in [-0.2, -0.15) is 0 Å². The predicted octanol–water partition coefficient (Wildman–Crippen LogP) is 1.93. The van der Waals surface area contributed by atoms with Crippen LogP contribution in [0.2, 0.25) is 0 Å². The molecule has 1 aromatic carbocycles. The van der Waals surface area contributed by atoms with E-state index < -0.39 is 11.9 Å². The standard InChI is InChI=1S/C15H21NO5/c1-4-21-13-9-11(5-6-12(13)20-3)14(17)16-8-7-10(2)15(18)19/h5-6,9-10H,4,7-8H2,1-3H3,(H,16,17)(H,18,19). The molecule has 6 heteroatoms. The maximum absolute atomic E-state index is 12.0. The van der Waals surface area contributed by atoms with Crippen molar-refractivity contribution in [2.75, 3.05) is 20.3 Å². The van der Waals surface area contributed by atoms with E-state index in [0.29, 0.717) is 36.6 Å². The number of rotatable bonds is 8. The highest BCUT2D eigenvalue weighted by Crippen LogP contribution is 2.27. The van der Waals surface area contributed by atoms with Crippen molar-refractivity contribution in [3.63, 3.8) is 0 Å². The van der Waals surface area contributed by atoms with E-state index in [2.05, 4.69) is 5.32 Å². The normalized spacial score (nSPS) is 11.6. The zero-order valence-corrected chi connectivity index (χ0v) is 12.5. The second kappa shape index (κ2) is 8.14. The quantitative estimate of drug-likeness (QED) is 0.765. The van der Waals surface area contributed by atoms with E-state index >= 15 is 0 Å². The second-order valence-corrected chi connectivity index (χ2v) is 4.58. The molecule has 21 heavy (non-hydrogen) atoms. The molecule has 0 bridgehead atoms. The highest BCUT2D eigenvalue weighted by atomic mass is 16.5. The molecular weight excluding hydrogens is 274 g/mol. The molecule has 1 aromatic rings. The second-order valence-electron chi connectivity index (χ2n) is 4.58. The van der Waals surface area contributed by atoms with Crippen LogP contribution in [0.1, 0.15) is 30.6 Å². The summed E-state index contributed by atoms with van der Waals surface area (Å²) in [5.74, 6) is -0.553. The zero-order chi connectivity index (χ0) is 15.8. The van der Waals surface area contributed by atoms with Gasteiger partial charge in [-0.3, -0.25) is 9.59 Å². The molecule has 0 aliphatic rings. The van der Waals surface area contributed by atoms with Gasteiger partial charge in [-0.15, -0.1) is 0 Å². The SMILES string of the molecule is CCOc1cc(C(=O)NCCC(C)C(=O)O)ccc1OC. The van der Waals surface area contributed by atoms with Crippen molar-refractivity contribution < 1.29 is 24.2 Å². The highest BCUT2D eigenvalue weighted by molar-refractivity contribution is 5.94. The van der Waals surface area contributed by atoms with Gasteiger partial charge >= 0.3 is 5.97 Å². The van der Waals surface area contributed by atoms with Crippen LogP contribution in [0.4, 0.5) is 0 Å². The largest absolute Gasteiger partial charge is 0.493 e. The number of carboxylic acids is 1. The van der Waals surface area contributed by atoms with Crippen LogP contribution in [0.25, 0.3) is 0 Å². The molecule has 0 aromatic heterocycles. The molecule has 0 radical (unpaired) electrons. The molecule has 0 heterocycles. The number of carbonyl (C=O) groups is 2. The van der Waals surface area contributed by atoms with Gasteiger partial charge in [0.05, 0.1) is 19.6 Å². The first kappa shape index (κ1) is 16.8. The number of nitrogens with one attached hydrogen (secondary N) is 1. The Hall–Kier alpha value is -2.24. The van der Waals surface area contributed by atoms with Crippen molar-refractivity contribution in [3.8, 4) is 11.5 Å². The van der Waals surface area contributed by atoms with Crippen LogP contribution in [-0.2, 0) is 4.79 Å². The van der Waals surface area contributed by atoms with Gasteiger partial charge in [-0.25, -0.2) is 0 Å². The van der Waals surface area contributed by atoms with Crippen molar-refractivity contribution in [1.29, 1.82) is 0 Å². The van der Waals surface area contributed by atoms with E-state index in [1.54, 1.807) is 25.1 Å². The Balaban J connectivity index is 2.65. The van der Waals surface area contributed by atoms with Crippen LogP contribution in [0, 0.1) is 5.92 Å². The van der Waals surface area contributed by atoms with Gasteiger partial charge in [0.25, 0.3) is 5.91 Å². The Morgan fingerprint density at radius 3 is 2.62 bits per heavy atom. The number of amides is 1. The first-order valence-electron chi connectivity index (χ1n) is 6.81. The molecule has 0 saturated heterocycles. The number of hydrogen-bond acceptors (Lipinski definition) is 4. The summed E-state index contributed by atoms with van der Waals surface area (Å²) in [4.78, 5) is 22.7. The van der Waals surface area contributed by atoms with Crippen LogP contribution in [0.5, 0.6) is 11.5 Å². The lowest BCUT2D eigenvalue weighted by atomic mass is 10.1. The Labute approximate surface area is 124 Å². The summed E-state index contributed by atoms with van der Waals surface area (Å²) in [6.45, 7) is 4.23. The summed E-state index contributed by atoms with van der Waals surface area (Å²) in [6, 6.07) is 4.91. The number of benzene rings is 1. The Kier molecular flexibility index (Phi) is 6.52. The van der Waals surface area contributed by atoms with Crippen LogP contribution < -0.4 is 14.8 Å². The molecule has 0 fully saturated rings. The third-order valence-corrected chi connectivity index (χ3v) is 3.01. The fourth-order valence-corrected chi connectivity index (χ4v) is 1.71. The highest BCUT2D eigenvalue weighted by Gasteiger charge is 2.13. The van der Waals surface area contributed by atoms with Crippen molar-refractivity contribution in [1.82, 2.24) is 5.32 Å². The van der Waals surface area contributed by atoms with Crippen LogP contribution >= 0.6 is 0 Å². The van der Waals surface area contributed by atoms with Crippen LogP contribution in [0.3, 0.4) is 0 Å². The zero-order valence-electron chi connectivity index (χ0n) is 12.5. The van der Waals surface area contributed by atoms with Gasteiger partial charge in [0, 0.05) is 12.1 Å². The summed E-state index contributed by atoms with van der Waals surface area (Å²) in [5, 5.41) is 11.5. The van der Waals surface area contributed by atoms with Crippen molar-refractivity contribution in [2.24, 2.45) is 5.92 Å². The molecule has 2 N–H and O–H groups in total.